The van der Waals surface area contributed by atoms with E-state index in [-0.39, 0.29) is 6.42 Å². The van der Waals surface area contributed by atoms with Crippen LogP contribution >= 0.6 is 10.3 Å². The molecule has 24 heteroatoms. The molecule has 0 spiro atoms. The summed E-state index contributed by atoms with van der Waals surface area (Å²) in [6.45, 7) is 1.54. The largest absolute Gasteiger partial charge is 0.460 e. The van der Waals surface area contributed by atoms with Gasteiger partial charge in [0, 0.05) is 14.7 Å². The summed E-state index contributed by atoms with van der Waals surface area (Å²) in [5.41, 5.74) is 0.366. The number of hydrogen-bond donors (Lipinski definition) is 0. The van der Waals surface area contributed by atoms with E-state index < -0.39 is 93.7 Å². The normalized spacial score (nSPS) is 15.2. The summed E-state index contributed by atoms with van der Waals surface area (Å²) in [5.74, 6) is -55.2. The van der Waals surface area contributed by atoms with E-state index in [9.17, 15) is 83.1 Å². The predicted molar refractivity (Wildman–Crippen MR) is 142 cm³/mol. The lowest BCUT2D eigenvalue weighted by atomic mass is 9.91. The fourth-order valence-corrected chi connectivity index (χ4v) is 9.36. The van der Waals surface area contributed by atoms with Gasteiger partial charge in [-0.05, 0) is 83.0 Å². The van der Waals surface area contributed by atoms with Crippen molar-refractivity contribution in [2.24, 2.45) is 0 Å². The van der Waals surface area contributed by atoms with E-state index >= 15 is 8.78 Å². The Kier molecular flexibility index (Phi) is 10.9. The number of alkyl halides is 17. The van der Waals surface area contributed by atoms with E-state index in [4.69, 9.17) is 0 Å². The molecule has 3 rings (SSSR count). The maximum Gasteiger partial charge on any atom is 0.460 e. The molecule has 0 radical (unpaired) electrons. The smallest absolute Gasteiger partial charge is 0.207 e. The molecule has 0 aromatic heterocycles. The lowest BCUT2D eigenvalue weighted by Gasteiger charge is -2.43. The van der Waals surface area contributed by atoms with Gasteiger partial charge in [-0.3, -0.25) is 0 Å². The standard InChI is InChI=1S/C28H17F19O3S2/c1-2-15-3-9-18(10-4-15)51(19-11-5-16(29)6-12-19,20-13-7-17(30)8-14-20)50-52(48,49)28(46,47)26(41,42)24(37,38)22(33,34)21(31,32)23(35,36)25(39,40)27(43,44)45/h3-14H,2H2,1H3. The molecule has 0 heterocycles. The van der Waals surface area contributed by atoms with Crippen molar-refractivity contribution in [3.05, 3.63) is 90.0 Å². The molecule has 0 N–H and O–H groups in total. The second-order valence-electron chi connectivity index (χ2n) is 10.4. The van der Waals surface area contributed by atoms with Crippen LogP contribution in [0.15, 0.2) is 87.5 Å². The first-order valence-electron chi connectivity index (χ1n) is 13.3. The summed E-state index contributed by atoms with van der Waals surface area (Å²) < 4.78 is 295. The molecule has 0 aliphatic heterocycles. The number of hydrogen-bond acceptors (Lipinski definition) is 3. The minimum absolute atomic E-state index is 0.195. The van der Waals surface area contributed by atoms with E-state index in [1.54, 1.807) is 0 Å². The first-order valence-corrected chi connectivity index (χ1v) is 16.3. The number of benzene rings is 3. The van der Waals surface area contributed by atoms with Crippen LogP contribution in [0.1, 0.15) is 12.5 Å². The lowest BCUT2D eigenvalue weighted by Crippen LogP contribution is -2.75. The van der Waals surface area contributed by atoms with E-state index in [0.29, 0.717) is 54.1 Å². The highest BCUT2D eigenvalue weighted by Gasteiger charge is 2.96. The molecule has 0 fully saturated rings. The maximum absolute atomic E-state index is 15.3. The topological polar surface area (TPSA) is 43.4 Å². The van der Waals surface area contributed by atoms with Crippen LogP contribution in [0.4, 0.5) is 83.4 Å². The fraction of sp³-hybridized carbons (Fsp3) is 0.357. The van der Waals surface area contributed by atoms with Crippen molar-refractivity contribution in [1.82, 2.24) is 0 Å². The van der Waals surface area contributed by atoms with Crippen LogP contribution in [0.2, 0.25) is 0 Å². The lowest BCUT2D eigenvalue weighted by molar-refractivity contribution is -0.458. The van der Waals surface area contributed by atoms with Gasteiger partial charge in [-0.1, -0.05) is 19.1 Å². The highest BCUT2D eigenvalue weighted by atomic mass is 32.3. The molecular weight excluding hydrogens is 809 g/mol. The van der Waals surface area contributed by atoms with E-state index in [1.807, 2.05) is 0 Å². The van der Waals surface area contributed by atoms with Gasteiger partial charge < -0.3 is 0 Å². The second-order valence-corrected chi connectivity index (χ2v) is 14.9. The summed E-state index contributed by atoms with van der Waals surface area (Å²) in [5, 5.41) is -8.01. The van der Waals surface area contributed by atoms with Gasteiger partial charge in [0.05, 0.1) is 0 Å². The van der Waals surface area contributed by atoms with Crippen LogP contribution in [0.25, 0.3) is 0 Å². The van der Waals surface area contributed by atoms with Crippen LogP contribution in [0.3, 0.4) is 0 Å². The van der Waals surface area contributed by atoms with Crippen molar-refractivity contribution in [2.45, 2.75) is 75.0 Å². The van der Waals surface area contributed by atoms with Crippen molar-refractivity contribution in [2.75, 3.05) is 0 Å². The molecule has 0 bridgehead atoms. The number of rotatable bonds is 13. The Morgan fingerprint density at radius 1 is 0.462 bits per heavy atom. The van der Waals surface area contributed by atoms with Crippen LogP contribution in [0, 0.1) is 11.6 Å². The van der Waals surface area contributed by atoms with Crippen molar-refractivity contribution in [1.29, 1.82) is 0 Å². The van der Waals surface area contributed by atoms with Crippen molar-refractivity contribution < 1.29 is 95.5 Å². The SMILES string of the molecule is CCc1ccc(S(OS(=O)(=O)C(F)(F)C(F)(F)C(F)(F)C(F)(F)C(F)(F)C(F)(F)C(F)(F)C(F)(F)F)(c2ccc(F)cc2)c2ccc(F)cc2)cc1. The van der Waals surface area contributed by atoms with Gasteiger partial charge in [-0.25, -0.2) is 12.4 Å². The monoisotopic (exact) mass is 826 g/mol. The van der Waals surface area contributed by atoms with Crippen molar-refractivity contribution in [3.8, 4) is 0 Å². The minimum Gasteiger partial charge on any atom is -0.207 e. The van der Waals surface area contributed by atoms with Gasteiger partial charge in [0.25, 0.3) is 0 Å². The fourth-order valence-electron chi connectivity index (χ4n) is 4.18. The van der Waals surface area contributed by atoms with Gasteiger partial charge in [0.1, 0.15) is 11.6 Å². The van der Waals surface area contributed by atoms with Crippen LogP contribution < -0.4 is 0 Å². The van der Waals surface area contributed by atoms with Crippen LogP contribution in [0.5, 0.6) is 0 Å². The Labute approximate surface area is 281 Å². The molecule has 292 valence electrons. The van der Waals surface area contributed by atoms with Gasteiger partial charge in [0.2, 0.25) is 0 Å². The third-order valence-corrected chi connectivity index (χ3v) is 12.4. The minimum atomic E-state index is -9.05. The number of aryl methyl sites for hydroxylation is 1. The van der Waals surface area contributed by atoms with Gasteiger partial charge in [-0.2, -0.15) is 83.1 Å². The summed E-state index contributed by atoms with van der Waals surface area (Å²) in [6, 6.07) is 7.96. The highest BCUT2D eigenvalue weighted by Crippen LogP contribution is 2.72. The molecule has 0 amide bonds. The van der Waals surface area contributed by atoms with Crippen molar-refractivity contribution >= 4 is 20.4 Å². The number of halogens is 19. The van der Waals surface area contributed by atoms with Crippen LogP contribution in [-0.4, -0.2) is 55.4 Å². The van der Waals surface area contributed by atoms with Crippen molar-refractivity contribution in [3.63, 3.8) is 0 Å². The predicted octanol–water partition coefficient (Wildman–Crippen LogP) is 11.0. The van der Waals surface area contributed by atoms with E-state index in [0.717, 1.165) is 24.3 Å². The van der Waals surface area contributed by atoms with Crippen LogP contribution in [-0.2, 0) is 20.2 Å². The average molecular weight is 827 g/mol. The highest BCUT2D eigenvalue weighted by molar-refractivity contribution is 8.33. The molecule has 3 aromatic rings. The second kappa shape index (κ2) is 13.2. The first-order chi connectivity index (χ1) is 23.2. The molecule has 0 saturated heterocycles. The first kappa shape index (κ1) is 43.0. The third kappa shape index (κ3) is 6.24. The Morgan fingerprint density at radius 2 is 0.750 bits per heavy atom. The molecule has 0 saturated carbocycles. The zero-order chi connectivity index (χ0) is 40.4. The Balaban J connectivity index is 2.35. The quantitative estimate of drug-likeness (QED) is 0.161. The molecule has 3 aromatic carbocycles. The molecule has 0 aliphatic carbocycles. The summed E-state index contributed by atoms with van der Waals surface area (Å²) in [7, 11) is -13.0. The zero-order valence-corrected chi connectivity index (χ0v) is 26.5. The summed E-state index contributed by atoms with van der Waals surface area (Å²) >= 11 is 0. The Bertz CT molecular complexity index is 1800. The average Bonchev–Trinajstić information content (AvgIpc) is 3.03. The molecular formula is C28H17F19O3S2. The van der Waals surface area contributed by atoms with Gasteiger partial charge in [-0.15, -0.1) is 0 Å². The molecule has 3 nitrogen and oxygen atoms in total. The van der Waals surface area contributed by atoms with E-state index in [1.165, 1.54) is 6.92 Å². The molecule has 0 atom stereocenters. The third-order valence-electron chi connectivity index (χ3n) is 7.15. The maximum atomic E-state index is 15.3. The van der Waals surface area contributed by atoms with Gasteiger partial charge in [0.15, 0.2) is 0 Å². The van der Waals surface area contributed by atoms with Gasteiger partial charge >= 0.3 is 57.1 Å². The zero-order valence-electron chi connectivity index (χ0n) is 24.9. The Morgan fingerprint density at radius 3 is 1.06 bits per heavy atom. The van der Waals surface area contributed by atoms with E-state index in [2.05, 4.69) is 3.63 Å². The summed E-state index contributed by atoms with van der Waals surface area (Å²) in [6.07, 6.45) is -7.78. The molecule has 0 unspecified atom stereocenters. The molecule has 52 heavy (non-hydrogen) atoms. The summed E-state index contributed by atoms with van der Waals surface area (Å²) in [4.78, 5) is -2.36. The Hall–Kier alpha value is -3.41. The molecule has 0 aliphatic rings.